The minimum atomic E-state index is 0.370. The molecular formula is C8H12N2. The van der Waals surface area contributed by atoms with E-state index in [1.165, 1.54) is 6.42 Å². The van der Waals surface area contributed by atoms with Gasteiger partial charge in [-0.2, -0.15) is 0 Å². The highest BCUT2D eigenvalue weighted by Crippen LogP contribution is 2.43. The standard InChI is InChI=1S/C8H12N2/c9-8(10)7-4-5-1-2-6(7)3-5/h1-2,5-7H,3-4H2,(H3,9,10). The van der Waals surface area contributed by atoms with Crippen LogP contribution in [-0.2, 0) is 0 Å². The maximum atomic E-state index is 7.29. The van der Waals surface area contributed by atoms with E-state index >= 15 is 0 Å². The van der Waals surface area contributed by atoms with Gasteiger partial charge in [0.2, 0.25) is 0 Å². The third kappa shape index (κ3) is 0.681. The first-order valence-electron chi connectivity index (χ1n) is 3.79. The van der Waals surface area contributed by atoms with Crippen LogP contribution in [0.5, 0.6) is 0 Å². The summed E-state index contributed by atoms with van der Waals surface area (Å²) in [5.41, 5.74) is 5.43. The van der Waals surface area contributed by atoms with Crippen molar-refractivity contribution in [1.29, 1.82) is 5.41 Å². The average Bonchev–Trinajstić information content (AvgIpc) is 2.44. The van der Waals surface area contributed by atoms with Crippen LogP contribution in [0.3, 0.4) is 0 Å². The molecule has 1 fully saturated rings. The van der Waals surface area contributed by atoms with Crippen LogP contribution in [-0.4, -0.2) is 5.84 Å². The number of nitrogens with two attached hydrogens (primary N) is 1. The van der Waals surface area contributed by atoms with E-state index in [1.807, 2.05) is 0 Å². The first kappa shape index (κ1) is 5.96. The molecule has 2 aliphatic rings. The van der Waals surface area contributed by atoms with Gasteiger partial charge >= 0.3 is 0 Å². The van der Waals surface area contributed by atoms with Gasteiger partial charge in [0.05, 0.1) is 5.84 Å². The highest BCUT2D eigenvalue weighted by atomic mass is 14.7. The minimum absolute atomic E-state index is 0.370. The summed E-state index contributed by atoms with van der Waals surface area (Å²) in [5, 5.41) is 7.29. The Hall–Kier alpha value is -0.790. The Bertz CT molecular complexity index is 195. The zero-order valence-electron chi connectivity index (χ0n) is 5.88. The summed E-state index contributed by atoms with van der Waals surface area (Å²) >= 11 is 0. The number of hydrogen-bond donors (Lipinski definition) is 2. The molecule has 54 valence electrons. The second kappa shape index (κ2) is 1.84. The number of nitrogens with one attached hydrogen (secondary N) is 1. The fourth-order valence-electron chi connectivity index (χ4n) is 2.14. The minimum Gasteiger partial charge on any atom is -0.387 e. The van der Waals surface area contributed by atoms with Gasteiger partial charge in [-0.25, -0.2) is 0 Å². The van der Waals surface area contributed by atoms with Gasteiger partial charge < -0.3 is 5.73 Å². The fraction of sp³-hybridized carbons (Fsp3) is 0.625. The van der Waals surface area contributed by atoms with E-state index in [4.69, 9.17) is 11.1 Å². The molecule has 2 nitrogen and oxygen atoms in total. The topological polar surface area (TPSA) is 49.9 Å². The quantitative estimate of drug-likeness (QED) is 0.317. The van der Waals surface area contributed by atoms with Gasteiger partial charge in [0, 0.05) is 5.92 Å². The predicted molar refractivity (Wildman–Crippen MR) is 40.8 cm³/mol. The van der Waals surface area contributed by atoms with E-state index in [9.17, 15) is 0 Å². The van der Waals surface area contributed by atoms with Crippen molar-refractivity contribution < 1.29 is 0 Å². The van der Waals surface area contributed by atoms with Gasteiger partial charge in [-0.15, -0.1) is 0 Å². The molecule has 0 radical (unpaired) electrons. The molecule has 3 N–H and O–H groups in total. The largest absolute Gasteiger partial charge is 0.387 e. The average molecular weight is 136 g/mol. The SMILES string of the molecule is N=C(N)C1CC2C=CC1C2. The molecule has 0 amide bonds. The first-order chi connectivity index (χ1) is 4.77. The molecule has 3 atom stereocenters. The van der Waals surface area contributed by atoms with E-state index in [0.29, 0.717) is 17.7 Å². The third-order valence-corrected chi connectivity index (χ3v) is 2.68. The molecule has 10 heavy (non-hydrogen) atoms. The summed E-state index contributed by atoms with van der Waals surface area (Å²) in [5.74, 6) is 2.09. The third-order valence-electron chi connectivity index (χ3n) is 2.68. The van der Waals surface area contributed by atoms with Crippen LogP contribution in [0.25, 0.3) is 0 Å². The molecule has 2 aliphatic carbocycles. The summed E-state index contributed by atoms with van der Waals surface area (Å²) in [7, 11) is 0. The summed E-state index contributed by atoms with van der Waals surface area (Å²) in [6.07, 6.45) is 6.85. The second-order valence-corrected chi connectivity index (χ2v) is 3.34. The molecule has 0 spiro atoms. The molecule has 0 aromatic heterocycles. The van der Waals surface area contributed by atoms with Gasteiger partial charge in [-0.1, -0.05) is 12.2 Å². The van der Waals surface area contributed by atoms with Crippen LogP contribution in [0, 0.1) is 23.2 Å². The Labute approximate surface area is 60.6 Å². The van der Waals surface area contributed by atoms with Crippen molar-refractivity contribution in [2.24, 2.45) is 23.5 Å². The summed E-state index contributed by atoms with van der Waals surface area (Å²) in [6.45, 7) is 0. The molecule has 0 saturated heterocycles. The van der Waals surface area contributed by atoms with E-state index in [-0.39, 0.29) is 0 Å². The van der Waals surface area contributed by atoms with Gasteiger partial charge in [-0.05, 0) is 24.7 Å². The second-order valence-electron chi connectivity index (χ2n) is 3.34. The Kier molecular flexibility index (Phi) is 1.10. The number of rotatable bonds is 1. The highest BCUT2D eigenvalue weighted by molar-refractivity contribution is 5.80. The predicted octanol–water partition coefficient (Wildman–Crippen LogP) is 1.13. The van der Waals surface area contributed by atoms with Gasteiger partial charge in [0.25, 0.3) is 0 Å². The Morgan fingerprint density at radius 2 is 2.20 bits per heavy atom. The van der Waals surface area contributed by atoms with Crippen molar-refractivity contribution in [2.45, 2.75) is 12.8 Å². The lowest BCUT2D eigenvalue weighted by atomic mass is 9.93. The lowest BCUT2D eigenvalue weighted by Crippen LogP contribution is -2.25. The Morgan fingerprint density at radius 1 is 1.40 bits per heavy atom. The maximum Gasteiger partial charge on any atom is 0.0943 e. The van der Waals surface area contributed by atoms with Crippen molar-refractivity contribution in [2.75, 3.05) is 0 Å². The van der Waals surface area contributed by atoms with E-state index in [1.54, 1.807) is 0 Å². The molecule has 0 aromatic rings. The molecule has 0 aromatic carbocycles. The Morgan fingerprint density at radius 3 is 2.50 bits per heavy atom. The number of amidine groups is 1. The Balaban J connectivity index is 2.16. The smallest absolute Gasteiger partial charge is 0.0943 e. The van der Waals surface area contributed by atoms with Crippen molar-refractivity contribution in [3.63, 3.8) is 0 Å². The zero-order chi connectivity index (χ0) is 7.14. The van der Waals surface area contributed by atoms with Crippen LogP contribution >= 0.6 is 0 Å². The molecular weight excluding hydrogens is 124 g/mol. The van der Waals surface area contributed by atoms with Crippen LogP contribution < -0.4 is 5.73 Å². The lowest BCUT2D eigenvalue weighted by Gasteiger charge is -2.15. The maximum absolute atomic E-state index is 7.29. The van der Waals surface area contributed by atoms with Crippen LogP contribution in [0.1, 0.15) is 12.8 Å². The fourth-order valence-corrected chi connectivity index (χ4v) is 2.14. The first-order valence-corrected chi connectivity index (χ1v) is 3.79. The van der Waals surface area contributed by atoms with Gasteiger partial charge in [0.15, 0.2) is 0 Å². The van der Waals surface area contributed by atoms with Crippen molar-refractivity contribution >= 4 is 5.84 Å². The molecule has 0 heterocycles. The highest BCUT2D eigenvalue weighted by Gasteiger charge is 2.36. The van der Waals surface area contributed by atoms with Crippen molar-refractivity contribution in [3.8, 4) is 0 Å². The van der Waals surface area contributed by atoms with E-state index in [2.05, 4.69) is 12.2 Å². The normalized spacial score (nSPS) is 42.6. The van der Waals surface area contributed by atoms with Crippen LogP contribution in [0.15, 0.2) is 12.2 Å². The monoisotopic (exact) mass is 136 g/mol. The van der Waals surface area contributed by atoms with Crippen molar-refractivity contribution in [1.82, 2.24) is 0 Å². The zero-order valence-corrected chi connectivity index (χ0v) is 5.88. The molecule has 1 saturated carbocycles. The van der Waals surface area contributed by atoms with Gasteiger partial charge in [-0.3, -0.25) is 5.41 Å². The van der Waals surface area contributed by atoms with E-state index < -0.39 is 0 Å². The molecule has 2 heteroatoms. The molecule has 0 aliphatic heterocycles. The number of fused-ring (bicyclic) bond motifs is 2. The number of hydrogen-bond acceptors (Lipinski definition) is 1. The summed E-state index contributed by atoms with van der Waals surface area (Å²) in [6, 6.07) is 0. The summed E-state index contributed by atoms with van der Waals surface area (Å²) in [4.78, 5) is 0. The van der Waals surface area contributed by atoms with Crippen LogP contribution in [0.4, 0.5) is 0 Å². The van der Waals surface area contributed by atoms with E-state index in [0.717, 1.165) is 12.3 Å². The molecule has 2 bridgehead atoms. The molecule has 3 unspecified atom stereocenters. The number of allylic oxidation sites excluding steroid dienone is 2. The van der Waals surface area contributed by atoms with Crippen molar-refractivity contribution in [3.05, 3.63) is 12.2 Å². The van der Waals surface area contributed by atoms with Gasteiger partial charge in [0.1, 0.15) is 0 Å². The van der Waals surface area contributed by atoms with Crippen LogP contribution in [0.2, 0.25) is 0 Å². The lowest BCUT2D eigenvalue weighted by molar-refractivity contribution is 0.577. The molecule has 2 rings (SSSR count). The summed E-state index contributed by atoms with van der Waals surface area (Å²) < 4.78 is 0.